The van der Waals surface area contributed by atoms with E-state index in [0.29, 0.717) is 17.1 Å². The van der Waals surface area contributed by atoms with Gasteiger partial charge in [-0.2, -0.15) is 0 Å². The summed E-state index contributed by atoms with van der Waals surface area (Å²) in [6.45, 7) is 1.90. The molecule has 0 atom stereocenters. The van der Waals surface area contributed by atoms with E-state index in [1.54, 1.807) is 19.2 Å². The van der Waals surface area contributed by atoms with Crippen LogP contribution in [0.5, 0.6) is 17.2 Å². The molecule has 0 saturated heterocycles. The summed E-state index contributed by atoms with van der Waals surface area (Å²) in [5, 5.41) is 7.46. The number of amidine groups is 1. The fourth-order valence-corrected chi connectivity index (χ4v) is 2.26. The highest BCUT2D eigenvalue weighted by molar-refractivity contribution is 9.10. The summed E-state index contributed by atoms with van der Waals surface area (Å²) < 4.78 is 11.8. The van der Waals surface area contributed by atoms with E-state index in [0.717, 1.165) is 15.8 Å². The number of methoxy groups -OCH3 is 1. The van der Waals surface area contributed by atoms with Crippen LogP contribution in [-0.2, 0) is 0 Å². The Morgan fingerprint density at radius 3 is 2.40 bits per heavy atom. The zero-order valence-corrected chi connectivity index (χ0v) is 12.8. The quantitative estimate of drug-likeness (QED) is 0.659. The smallest absolute Gasteiger partial charge is 0.141 e. The van der Waals surface area contributed by atoms with Crippen LogP contribution in [0.4, 0.5) is 0 Å². The maximum atomic E-state index is 7.46. The lowest BCUT2D eigenvalue weighted by atomic mass is 10.1. The Bertz CT molecular complexity index is 656. The molecule has 0 saturated carbocycles. The number of halogens is 1. The van der Waals surface area contributed by atoms with E-state index in [4.69, 9.17) is 20.6 Å². The van der Waals surface area contributed by atoms with E-state index in [2.05, 4.69) is 15.9 Å². The number of aryl methyl sites for hydroxylation is 1. The second-order valence-corrected chi connectivity index (χ2v) is 5.14. The van der Waals surface area contributed by atoms with Gasteiger partial charge in [-0.15, -0.1) is 0 Å². The summed E-state index contributed by atoms with van der Waals surface area (Å²) in [4.78, 5) is 0. The van der Waals surface area contributed by atoms with Crippen LogP contribution in [0.3, 0.4) is 0 Å². The van der Waals surface area contributed by atoms with E-state index in [-0.39, 0.29) is 5.84 Å². The minimum absolute atomic E-state index is 0.0553. The number of benzene rings is 2. The molecule has 3 N–H and O–H groups in total. The fraction of sp³-hybridized carbons (Fsp3) is 0.133. The second kappa shape index (κ2) is 5.96. The maximum absolute atomic E-state index is 7.46. The summed E-state index contributed by atoms with van der Waals surface area (Å²) in [7, 11) is 1.62. The number of rotatable bonds is 4. The Morgan fingerprint density at radius 2 is 1.85 bits per heavy atom. The average molecular weight is 335 g/mol. The number of hydrogen-bond donors (Lipinski definition) is 2. The third-order valence-electron chi connectivity index (χ3n) is 2.85. The second-order valence-electron chi connectivity index (χ2n) is 4.29. The van der Waals surface area contributed by atoms with E-state index in [9.17, 15) is 0 Å². The molecule has 104 valence electrons. The number of ether oxygens (including phenoxy) is 2. The van der Waals surface area contributed by atoms with Gasteiger partial charge in [0, 0.05) is 5.56 Å². The Labute approximate surface area is 126 Å². The molecule has 2 aromatic rings. The molecule has 0 amide bonds. The molecule has 2 rings (SSSR count). The molecule has 0 spiro atoms. The Kier molecular flexibility index (Phi) is 4.29. The molecule has 0 unspecified atom stereocenters. The normalized spacial score (nSPS) is 10.2. The molecule has 0 aliphatic carbocycles. The van der Waals surface area contributed by atoms with Crippen LogP contribution in [0.25, 0.3) is 0 Å². The highest BCUT2D eigenvalue weighted by Gasteiger charge is 2.07. The van der Waals surface area contributed by atoms with Crippen molar-refractivity contribution < 1.29 is 9.47 Å². The molecule has 4 nitrogen and oxygen atoms in total. The molecule has 5 heteroatoms. The van der Waals surface area contributed by atoms with Crippen molar-refractivity contribution in [1.29, 1.82) is 5.41 Å². The first-order chi connectivity index (χ1) is 9.51. The van der Waals surface area contributed by atoms with Gasteiger partial charge in [-0.05, 0) is 64.8 Å². The zero-order chi connectivity index (χ0) is 14.7. The predicted octanol–water partition coefficient (Wildman–Crippen LogP) is 3.84. The molecule has 0 radical (unpaired) electrons. The maximum Gasteiger partial charge on any atom is 0.141 e. The van der Waals surface area contributed by atoms with Crippen LogP contribution >= 0.6 is 15.9 Å². The highest BCUT2D eigenvalue weighted by atomic mass is 79.9. The molecule has 0 aromatic heterocycles. The highest BCUT2D eigenvalue weighted by Crippen LogP contribution is 2.33. The van der Waals surface area contributed by atoms with Gasteiger partial charge in [0.25, 0.3) is 0 Å². The molecule has 0 bridgehead atoms. The Morgan fingerprint density at radius 1 is 1.15 bits per heavy atom. The van der Waals surface area contributed by atoms with Crippen LogP contribution in [0.2, 0.25) is 0 Å². The largest absolute Gasteiger partial charge is 0.497 e. The van der Waals surface area contributed by atoms with Crippen molar-refractivity contribution in [2.75, 3.05) is 7.11 Å². The van der Waals surface area contributed by atoms with Crippen molar-refractivity contribution >= 4 is 21.8 Å². The Hall–Kier alpha value is -2.01. The first kappa shape index (κ1) is 14.4. The van der Waals surface area contributed by atoms with Crippen molar-refractivity contribution in [2.45, 2.75) is 6.92 Å². The number of hydrogen-bond acceptors (Lipinski definition) is 3. The van der Waals surface area contributed by atoms with Crippen LogP contribution < -0.4 is 15.2 Å². The standard InChI is InChI=1S/C15H15BrN2O2/c1-9-7-11(3-5-12(9)15(17)18)20-14-6-4-10(19-2)8-13(14)16/h3-8H,1-2H3,(H3,17,18). The van der Waals surface area contributed by atoms with E-state index < -0.39 is 0 Å². The average Bonchev–Trinajstić information content (AvgIpc) is 2.40. The number of nitrogens with one attached hydrogen (secondary N) is 1. The lowest BCUT2D eigenvalue weighted by Crippen LogP contribution is -2.12. The summed E-state index contributed by atoms with van der Waals surface area (Å²) in [6.07, 6.45) is 0. The topological polar surface area (TPSA) is 68.3 Å². The molecule has 2 aromatic carbocycles. The third-order valence-corrected chi connectivity index (χ3v) is 3.47. The molecule has 0 aliphatic heterocycles. The van der Waals surface area contributed by atoms with Crippen molar-refractivity contribution in [3.05, 3.63) is 52.0 Å². The van der Waals surface area contributed by atoms with Gasteiger partial charge in [0.1, 0.15) is 23.1 Å². The molecule has 0 heterocycles. The minimum atomic E-state index is 0.0553. The first-order valence-electron chi connectivity index (χ1n) is 5.97. The lowest BCUT2D eigenvalue weighted by Gasteiger charge is -2.11. The number of nitrogen functional groups attached to an aromatic ring is 1. The van der Waals surface area contributed by atoms with Crippen LogP contribution in [-0.4, -0.2) is 12.9 Å². The zero-order valence-electron chi connectivity index (χ0n) is 11.2. The molecular weight excluding hydrogens is 320 g/mol. The summed E-state index contributed by atoms with van der Waals surface area (Å²) in [5.74, 6) is 2.20. The van der Waals surface area contributed by atoms with Crippen molar-refractivity contribution in [2.24, 2.45) is 5.73 Å². The van der Waals surface area contributed by atoms with Gasteiger partial charge in [-0.3, -0.25) is 5.41 Å². The number of nitrogens with two attached hydrogens (primary N) is 1. The van der Waals surface area contributed by atoms with Gasteiger partial charge >= 0.3 is 0 Å². The van der Waals surface area contributed by atoms with Gasteiger partial charge in [0.15, 0.2) is 0 Å². The van der Waals surface area contributed by atoms with Crippen LogP contribution in [0.15, 0.2) is 40.9 Å². The third kappa shape index (κ3) is 3.11. The molecule has 0 fully saturated rings. The molecule has 0 aliphatic rings. The summed E-state index contributed by atoms with van der Waals surface area (Å²) in [6, 6.07) is 10.9. The van der Waals surface area contributed by atoms with Gasteiger partial charge in [0.05, 0.1) is 11.6 Å². The fourth-order valence-electron chi connectivity index (χ4n) is 1.82. The van der Waals surface area contributed by atoms with Crippen molar-refractivity contribution in [3.63, 3.8) is 0 Å². The van der Waals surface area contributed by atoms with Gasteiger partial charge in [-0.1, -0.05) is 0 Å². The first-order valence-corrected chi connectivity index (χ1v) is 6.77. The van der Waals surface area contributed by atoms with E-state index in [1.807, 2.05) is 31.2 Å². The van der Waals surface area contributed by atoms with E-state index in [1.165, 1.54) is 0 Å². The molecule has 20 heavy (non-hydrogen) atoms. The Balaban J connectivity index is 2.26. The SMILES string of the molecule is COc1ccc(Oc2ccc(C(=N)N)c(C)c2)c(Br)c1. The molecular formula is C15H15BrN2O2. The monoisotopic (exact) mass is 334 g/mol. The summed E-state index contributed by atoms with van der Waals surface area (Å²) >= 11 is 3.44. The van der Waals surface area contributed by atoms with Crippen LogP contribution in [0.1, 0.15) is 11.1 Å². The van der Waals surface area contributed by atoms with Gasteiger partial charge in [-0.25, -0.2) is 0 Å². The van der Waals surface area contributed by atoms with Crippen LogP contribution in [0, 0.1) is 12.3 Å². The lowest BCUT2D eigenvalue weighted by molar-refractivity contribution is 0.412. The van der Waals surface area contributed by atoms with Gasteiger partial charge < -0.3 is 15.2 Å². The summed E-state index contributed by atoms with van der Waals surface area (Å²) in [5.41, 5.74) is 7.11. The van der Waals surface area contributed by atoms with Gasteiger partial charge in [0.2, 0.25) is 0 Å². The van der Waals surface area contributed by atoms with E-state index >= 15 is 0 Å². The van der Waals surface area contributed by atoms with Crippen molar-refractivity contribution in [1.82, 2.24) is 0 Å². The minimum Gasteiger partial charge on any atom is -0.497 e. The predicted molar refractivity (Wildman–Crippen MR) is 83.0 cm³/mol. The van der Waals surface area contributed by atoms with Crippen molar-refractivity contribution in [3.8, 4) is 17.2 Å².